The topological polar surface area (TPSA) is 119 Å². The fourth-order valence-corrected chi connectivity index (χ4v) is 7.02. The lowest BCUT2D eigenvalue weighted by Gasteiger charge is -2.54. The summed E-state index contributed by atoms with van der Waals surface area (Å²) in [4.78, 5) is 41.0. The molecule has 0 aromatic heterocycles. The Hall–Kier alpha value is -3.67. The number of benzene rings is 3. The van der Waals surface area contributed by atoms with Crippen molar-refractivity contribution < 1.29 is 31.7 Å². The number of carbonyl (C=O) groups excluding carboxylic acids is 3. The van der Waals surface area contributed by atoms with Crippen molar-refractivity contribution in [3.05, 3.63) is 108 Å². The van der Waals surface area contributed by atoms with Gasteiger partial charge in [0, 0.05) is 5.75 Å². The fraction of sp³-hybridized carbons (Fsp3) is 0.276. The number of nitrogens with one attached hydrogen (secondary N) is 1. The van der Waals surface area contributed by atoms with Crippen LogP contribution in [0.2, 0.25) is 0 Å². The van der Waals surface area contributed by atoms with Gasteiger partial charge in [-0.3, -0.25) is 13.8 Å². The zero-order valence-corrected chi connectivity index (χ0v) is 23.2. The van der Waals surface area contributed by atoms with Crippen LogP contribution in [0.15, 0.2) is 91.0 Å². The molecule has 2 heterocycles. The molecule has 2 saturated heterocycles. The monoisotopic (exact) mass is 580 g/mol. The molecule has 0 radical (unpaired) electrons. The predicted molar refractivity (Wildman–Crippen MR) is 149 cm³/mol. The number of hydrogen-bond donors (Lipinski definition) is 1. The Labute approximate surface area is 237 Å². The van der Waals surface area contributed by atoms with Gasteiger partial charge in [0.1, 0.15) is 17.5 Å². The Kier molecular flexibility index (Phi) is 8.24. The van der Waals surface area contributed by atoms with Crippen LogP contribution in [0.4, 0.5) is 0 Å². The Balaban J connectivity index is 1.38. The van der Waals surface area contributed by atoms with E-state index in [1.54, 1.807) is 0 Å². The predicted octanol–water partition coefficient (Wildman–Crippen LogP) is 2.68. The molecular formula is C29H28N2O7S2. The van der Waals surface area contributed by atoms with Gasteiger partial charge in [0.25, 0.3) is 10.1 Å². The molecule has 9 nitrogen and oxygen atoms in total. The van der Waals surface area contributed by atoms with Crippen LogP contribution < -0.4 is 5.32 Å². The van der Waals surface area contributed by atoms with Gasteiger partial charge in [0.2, 0.25) is 11.8 Å². The molecule has 2 aliphatic heterocycles. The van der Waals surface area contributed by atoms with E-state index in [0.717, 1.165) is 11.8 Å². The Bertz CT molecular complexity index is 1430. The van der Waals surface area contributed by atoms with E-state index < -0.39 is 51.7 Å². The highest BCUT2D eigenvalue weighted by Crippen LogP contribution is 2.41. The number of esters is 1. The van der Waals surface area contributed by atoms with Gasteiger partial charge < -0.3 is 15.0 Å². The minimum Gasteiger partial charge on any atom is -0.451 e. The average Bonchev–Trinajstić information content (AvgIpc) is 2.95. The third-order valence-corrected chi connectivity index (χ3v) is 8.62. The van der Waals surface area contributed by atoms with Crippen LogP contribution in [-0.4, -0.2) is 66.7 Å². The van der Waals surface area contributed by atoms with Crippen molar-refractivity contribution in [2.45, 2.75) is 36.1 Å². The summed E-state index contributed by atoms with van der Waals surface area (Å²) in [5.74, 6) is -1.52. The number of thioether (sulfide) groups is 1. The van der Waals surface area contributed by atoms with Crippen molar-refractivity contribution in [2.75, 3.05) is 12.0 Å². The first-order chi connectivity index (χ1) is 19.2. The first kappa shape index (κ1) is 27.9. The molecule has 2 amide bonds. The highest BCUT2D eigenvalue weighted by molar-refractivity contribution is 8.00. The summed E-state index contributed by atoms with van der Waals surface area (Å²) in [6.07, 6.45) is -0.947. The van der Waals surface area contributed by atoms with E-state index >= 15 is 0 Å². The maximum atomic E-state index is 13.8. The maximum absolute atomic E-state index is 13.8. The first-order valence-electron chi connectivity index (χ1n) is 12.7. The third-order valence-electron chi connectivity index (χ3n) is 6.67. The van der Waals surface area contributed by atoms with Crippen LogP contribution in [0.25, 0.3) is 0 Å². The molecule has 2 fully saturated rings. The smallest absolute Gasteiger partial charge is 0.332 e. The highest BCUT2D eigenvalue weighted by Gasteiger charge is 2.59. The minimum atomic E-state index is -3.95. The molecule has 2 unspecified atom stereocenters. The summed E-state index contributed by atoms with van der Waals surface area (Å²) in [5, 5.41) is 2.19. The molecule has 0 aliphatic carbocycles. The average molecular weight is 581 g/mol. The van der Waals surface area contributed by atoms with Gasteiger partial charge in [-0.15, -0.1) is 11.8 Å². The van der Waals surface area contributed by atoms with Crippen molar-refractivity contribution in [2.24, 2.45) is 0 Å². The summed E-state index contributed by atoms with van der Waals surface area (Å²) >= 11 is 1.25. The number of amides is 2. The van der Waals surface area contributed by atoms with E-state index in [-0.39, 0.29) is 18.1 Å². The van der Waals surface area contributed by atoms with E-state index in [1.807, 2.05) is 91.0 Å². The van der Waals surface area contributed by atoms with Gasteiger partial charge in [-0.25, -0.2) is 4.79 Å². The zero-order valence-electron chi connectivity index (χ0n) is 21.6. The standard InChI is InChI=1S/C29H28N2O7S2/c1-40(35,36)38-22-18-39-28-24(30-23(32)17-19-11-5-2-6-12-19)27(33)31(28)25(22)29(34)37-26(20-13-7-3-8-14-20)21-15-9-4-10-16-21/h2-16,22,24-26,28H,17-18H2,1H3,(H,30,32)/t22?,24-,25?,28-/m1/s1. The molecule has 11 heteroatoms. The molecule has 1 N–H and O–H groups in total. The molecular weight excluding hydrogens is 552 g/mol. The summed E-state index contributed by atoms with van der Waals surface area (Å²) < 4.78 is 35.4. The zero-order chi connectivity index (χ0) is 28.3. The summed E-state index contributed by atoms with van der Waals surface area (Å²) in [7, 11) is -3.95. The SMILES string of the molecule is CS(=O)(=O)OC1CS[C@@H]2[C@H](NC(=O)Cc3ccccc3)C(=O)N2C1C(=O)OC(c1ccccc1)c1ccccc1. The molecule has 0 saturated carbocycles. The van der Waals surface area contributed by atoms with Gasteiger partial charge in [-0.05, 0) is 16.7 Å². The molecule has 4 atom stereocenters. The van der Waals surface area contributed by atoms with E-state index in [2.05, 4.69) is 5.32 Å². The van der Waals surface area contributed by atoms with Gasteiger partial charge >= 0.3 is 5.97 Å². The molecule has 40 heavy (non-hydrogen) atoms. The molecule has 0 spiro atoms. The maximum Gasteiger partial charge on any atom is 0.332 e. The second kappa shape index (κ2) is 11.8. The number of hydrogen-bond acceptors (Lipinski definition) is 8. The van der Waals surface area contributed by atoms with E-state index in [9.17, 15) is 22.8 Å². The third kappa shape index (κ3) is 6.22. The first-order valence-corrected chi connectivity index (χ1v) is 15.5. The van der Waals surface area contributed by atoms with E-state index in [1.165, 1.54) is 16.7 Å². The quantitative estimate of drug-likeness (QED) is 0.233. The highest BCUT2D eigenvalue weighted by atomic mass is 32.2. The van der Waals surface area contributed by atoms with Gasteiger partial charge in [-0.1, -0.05) is 91.0 Å². The van der Waals surface area contributed by atoms with Gasteiger partial charge in [0.05, 0.1) is 12.7 Å². The molecule has 0 bridgehead atoms. The van der Waals surface area contributed by atoms with Gasteiger partial charge in [0.15, 0.2) is 12.1 Å². The van der Waals surface area contributed by atoms with Gasteiger partial charge in [-0.2, -0.15) is 8.42 Å². The van der Waals surface area contributed by atoms with Crippen molar-refractivity contribution in [3.8, 4) is 0 Å². The normalized spacial score (nSPS) is 22.2. The fourth-order valence-electron chi connectivity index (χ4n) is 4.90. The number of carbonyl (C=O) groups is 3. The van der Waals surface area contributed by atoms with Crippen molar-refractivity contribution in [1.29, 1.82) is 0 Å². The second-order valence-electron chi connectivity index (χ2n) is 9.60. The number of ether oxygens (including phenoxy) is 1. The Morgan fingerprint density at radius 3 is 2.05 bits per heavy atom. The Morgan fingerprint density at radius 2 is 1.50 bits per heavy atom. The number of β-lactam (4-membered cyclic amide) rings is 1. The van der Waals surface area contributed by atoms with E-state index in [0.29, 0.717) is 11.1 Å². The van der Waals surface area contributed by atoms with Crippen molar-refractivity contribution in [3.63, 3.8) is 0 Å². The van der Waals surface area contributed by atoms with Crippen LogP contribution >= 0.6 is 11.8 Å². The summed E-state index contributed by atoms with van der Waals surface area (Å²) in [5.41, 5.74) is 2.23. The molecule has 3 aromatic rings. The molecule has 2 aliphatic rings. The van der Waals surface area contributed by atoms with E-state index in [4.69, 9.17) is 8.92 Å². The largest absolute Gasteiger partial charge is 0.451 e. The van der Waals surface area contributed by atoms with Crippen LogP contribution in [0, 0.1) is 0 Å². The molecule has 5 rings (SSSR count). The lowest BCUT2D eigenvalue weighted by atomic mass is 9.98. The van der Waals surface area contributed by atoms with Crippen molar-refractivity contribution >= 4 is 39.7 Å². The molecule has 3 aromatic carbocycles. The Morgan fingerprint density at radius 1 is 0.950 bits per heavy atom. The van der Waals surface area contributed by atoms with Crippen LogP contribution in [0.5, 0.6) is 0 Å². The van der Waals surface area contributed by atoms with Crippen LogP contribution in [0.1, 0.15) is 22.8 Å². The van der Waals surface area contributed by atoms with Crippen LogP contribution in [0.3, 0.4) is 0 Å². The number of fused-ring (bicyclic) bond motifs is 1. The summed E-state index contributed by atoms with van der Waals surface area (Å²) in [6, 6.07) is 25.2. The minimum absolute atomic E-state index is 0.100. The number of nitrogens with zero attached hydrogens (tertiary/aromatic N) is 1. The molecule has 208 valence electrons. The van der Waals surface area contributed by atoms with Crippen molar-refractivity contribution in [1.82, 2.24) is 10.2 Å². The lowest BCUT2D eigenvalue weighted by Crippen LogP contribution is -2.77. The lowest BCUT2D eigenvalue weighted by molar-refractivity contribution is -0.172. The van der Waals surface area contributed by atoms with Crippen LogP contribution in [-0.2, 0) is 39.8 Å². The number of rotatable bonds is 9. The second-order valence-corrected chi connectivity index (χ2v) is 12.3. The summed E-state index contributed by atoms with van der Waals surface area (Å²) in [6.45, 7) is 0.